The molecule has 0 unspecified atom stereocenters. The summed E-state index contributed by atoms with van der Waals surface area (Å²) in [7, 11) is 0. The minimum atomic E-state index is -0.148. The number of aromatic hydroxyl groups is 1. The van der Waals surface area contributed by atoms with Crippen molar-refractivity contribution >= 4 is 11.8 Å². The van der Waals surface area contributed by atoms with Crippen molar-refractivity contribution < 1.29 is 5.11 Å². The average Bonchev–Trinajstić information content (AvgIpc) is 2.63. The Hall–Kier alpha value is -0.840. The van der Waals surface area contributed by atoms with Crippen molar-refractivity contribution in [2.75, 3.05) is 12.0 Å². The number of aromatic nitrogens is 2. The Morgan fingerprint density at radius 1 is 1.41 bits per heavy atom. The molecule has 0 spiro atoms. The van der Waals surface area contributed by atoms with E-state index in [-0.39, 0.29) is 17.6 Å². The lowest BCUT2D eigenvalue weighted by molar-refractivity contribution is 0.306. The molecule has 0 amide bonds. The average molecular weight is 256 g/mol. The maximum Gasteiger partial charge on any atom is 0.328 e. The van der Waals surface area contributed by atoms with Gasteiger partial charge in [-0.15, -0.1) is 0 Å². The van der Waals surface area contributed by atoms with Gasteiger partial charge in [-0.05, 0) is 24.9 Å². The molecule has 1 fully saturated rings. The zero-order valence-electron chi connectivity index (χ0n) is 10.2. The van der Waals surface area contributed by atoms with Crippen molar-refractivity contribution in [3.63, 3.8) is 0 Å². The van der Waals surface area contributed by atoms with E-state index in [9.17, 15) is 9.90 Å². The first-order chi connectivity index (χ1) is 8.24. The van der Waals surface area contributed by atoms with E-state index in [0.29, 0.717) is 5.69 Å². The van der Waals surface area contributed by atoms with Crippen LogP contribution in [0.15, 0.2) is 4.79 Å². The number of hydrogen-bond donors (Lipinski definition) is 2. The quantitative estimate of drug-likeness (QED) is 0.869. The Bertz CT molecular complexity index is 419. The molecule has 0 aliphatic heterocycles. The van der Waals surface area contributed by atoms with Gasteiger partial charge in [0.2, 0.25) is 5.88 Å². The number of aryl methyl sites for hydroxylation is 1. The fourth-order valence-electron chi connectivity index (χ4n) is 2.54. The zero-order chi connectivity index (χ0) is 12.3. The minimum Gasteiger partial charge on any atom is -0.493 e. The Kier molecular flexibility index (Phi) is 4.20. The van der Waals surface area contributed by atoms with Crippen LogP contribution in [-0.4, -0.2) is 26.7 Å². The Labute approximate surface area is 105 Å². The van der Waals surface area contributed by atoms with Gasteiger partial charge in [0.05, 0.1) is 5.69 Å². The van der Waals surface area contributed by atoms with Crippen LogP contribution < -0.4 is 5.69 Å². The third-order valence-corrected chi connectivity index (χ3v) is 4.08. The standard InChI is InChI=1S/C12H20N2O2S/c1-17-8-7-10-11(15)14(12(16)13-10)9-5-3-2-4-6-9/h9,15H,2-8H2,1H3,(H,13,16). The summed E-state index contributed by atoms with van der Waals surface area (Å²) in [6, 6.07) is 0.190. The second-order valence-electron chi connectivity index (χ2n) is 4.64. The van der Waals surface area contributed by atoms with Crippen LogP contribution in [0.4, 0.5) is 0 Å². The number of hydrogen-bond acceptors (Lipinski definition) is 3. The fraction of sp³-hybridized carbons (Fsp3) is 0.750. The van der Waals surface area contributed by atoms with Gasteiger partial charge in [0, 0.05) is 12.5 Å². The van der Waals surface area contributed by atoms with Gasteiger partial charge in [0.15, 0.2) is 0 Å². The zero-order valence-corrected chi connectivity index (χ0v) is 11.1. The molecule has 0 aromatic carbocycles. The van der Waals surface area contributed by atoms with E-state index < -0.39 is 0 Å². The first kappa shape index (κ1) is 12.6. The molecule has 2 N–H and O–H groups in total. The maximum atomic E-state index is 11.9. The SMILES string of the molecule is CSCCc1[nH]c(=O)n(C2CCCCC2)c1O. The van der Waals surface area contributed by atoms with E-state index in [1.807, 2.05) is 6.26 Å². The Morgan fingerprint density at radius 3 is 2.76 bits per heavy atom. The number of thioether (sulfide) groups is 1. The van der Waals surface area contributed by atoms with E-state index in [4.69, 9.17) is 0 Å². The second kappa shape index (κ2) is 5.67. The molecule has 0 radical (unpaired) electrons. The van der Waals surface area contributed by atoms with Crippen molar-refractivity contribution in [1.29, 1.82) is 0 Å². The summed E-state index contributed by atoms with van der Waals surface area (Å²) in [4.78, 5) is 14.7. The van der Waals surface area contributed by atoms with Gasteiger partial charge in [0.25, 0.3) is 0 Å². The third kappa shape index (κ3) is 2.70. The molecule has 2 rings (SSSR count). The lowest BCUT2D eigenvalue weighted by atomic mass is 9.95. The van der Waals surface area contributed by atoms with Crippen LogP contribution in [0.5, 0.6) is 5.88 Å². The van der Waals surface area contributed by atoms with Gasteiger partial charge in [-0.1, -0.05) is 19.3 Å². The maximum absolute atomic E-state index is 11.9. The molecule has 0 saturated heterocycles. The molecule has 1 saturated carbocycles. The smallest absolute Gasteiger partial charge is 0.328 e. The van der Waals surface area contributed by atoms with Crippen molar-refractivity contribution in [3.8, 4) is 5.88 Å². The van der Waals surface area contributed by atoms with Crippen LogP contribution in [0.1, 0.15) is 43.8 Å². The molecule has 0 bridgehead atoms. The van der Waals surface area contributed by atoms with E-state index in [1.54, 1.807) is 16.3 Å². The minimum absolute atomic E-state index is 0.148. The molecule has 1 aromatic rings. The molecule has 1 aliphatic rings. The topological polar surface area (TPSA) is 58.0 Å². The second-order valence-corrected chi connectivity index (χ2v) is 5.62. The summed E-state index contributed by atoms with van der Waals surface area (Å²) in [6.07, 6.45) is 8.31. The normalized spacial score (nSPS) is 17.5. The van der Waals surface area contributed by atoms with Crippen LogP contribution in [0, 0.1) is 0 Å². The molecule has 17 heavy (non-hydrogen) atoms. The van der Waals surface area contributed by atoms with Gasteiger partial charge >= 0.3 is 5.69 Å². The van der Waals surface area contributed by atoms with Crippen LogP contribution >= 0.6 is 11.8 Å². The Morgan fingerprint density at radius 2 is 2.12 bits per heavy atom. The summed E-state index contributed by atoms with van der Waals surface area (Å²) >= 11 is 1.71. The van der Waals surface area contributed by atoms with Crippen LogP contribution in [0.3, 0.4) is 0 Å². The molecule has 1 aliphatic carbocycles. The molecule has 1 aromatic heterocycles. The lowest BCUT2D eigenvalue weighted by Gasteiger charge is -2.22. The fourth-order valence-corrected chi connectivity index (χ4v) is 2.95. The summed E-state index contributed by atoms with van der Waals surface area (Å²) in [5, 5.41) is 10.1. The molecular weight excluding hydrogens is 236 g/mol. The van der Waals surface area contributed by atoms with Gasteiger partial charge < -0.3 is 10.1 Å². The molecule has 96 valence electrons. The summed E-state index contributed by atoms with van der Waals surface area (Å²) in [5.74, 6) is 1.08. The van der Waals surface area contributed by atoms with Crippen LogP contribution in [0.25, 0.3) is 0 Å². The molecule has 4 nitrogen and oxygen atoms in total. The predicted molar refractivity (Wildman–Crippen MR) is 70.9 cm³/mol. The number of aromatic amines is 1. The number of nitrogens with zero attached hydrogens (tertiary/aromatic N) is 1. The molecule has 5 heteroatoms. The highest BCUT2D eigenvalue weighted by atomic mass is 32.2. The van der Waals surface area contributed by atoms with E-state index in [0.717, 1.165) is 37.9 Å². The van der Waals surface area contributed by atoms with E-state index in [2.05, 4.69) is 4.98 Å². The molecular formula is C12H20N2O2S. The number of imidazole rings is 1. The number of nitrogens with one attached hydrogen (secondary N) is 1. The lowest BCUT2D eigenvalue weighted by Crippen LogP contribution is -2.23. The van der Waals surface area contributed by atoms with Crippen molar-refractivity contribution in [1.82, 2.24) is 9.55 Å². The first-order valence-corrected chi connectivity index (χ1v) is 7.64. The highest BCUT2D eigenvalue weighted by Crippen LogP contribution is 2.30. The van der Waals surface area contributed by atoms with Crippen molar-refractivity contribution in [2.24, 2.45) is 0 Å². The van der Waals surface area contributed by atoms with Gasteiger partial charge in [-0.25, -0.2) is 4.79 Å². The van der Waals surface area contributed by atoms with Gasteiger partial charge in [-0.2, -0.15) is 11.8 Å². The van der Waals surface area contributed by atoms with Crippen molar-refractivity contribution in [2.45, 2.75) is 44.6 Å². The largest absolute Gasteiger partial charge is 0.493 e. The highest BCUT2D eigenvalue weighted by molar-refractivity contribution is 7.98. The van der Waals surface area contributed by atoms with Gasteiger partial charge in [0.1, 0.15) is 0 Å². The number of rotatable bonds is 4. The van der Waals surface area contributed by atoms with E-state index in [1.165, 1.54) is 6.42 Å². The Balaban J connectivity index is 2.21. The predicted octanol–water partition coefficient (Wildman–Crippen LogP) is 2.29. The molecule has 1 heterocycles. The van der Waals surface area contributed by atoms with E-state index >= 15 is 0 Å². The molecule has 0 atom stereocenters. The third-order valence-electron chi connectivity index (χ3n) is 3.47. The van der Waals surface area contributed by atoms with Crippen LogP contribution in [0.2, 0.25) is 0 Å². The monoisotopic (exact) mass is 256 g/mol. The first-order valence-electron chi connectivity index (χ1n) is 6.25. The summed E-state index contributed by atoms with van der Waals surface area (Å²) in [6.45, 7) is 0. The number of H-pyrrole nitrogens is 1. The van der Waals surface area contributed by atoms with Crippen LogP contribution in [-0.2, 0) is 6.42 Å². The van der Waals surface area contributed by atoms with Gasteiger partial charge in [-0.3, -0.25) is 4.57 Å². The summed E-state index contributed by atoms with van der Waals surface area (Å²) in [5.41, 5.74) is 0.542. The highest BCUT2D eigenvalue weighted by Gasteiger charge is 2.22. The summed E-state index contributed by atoms with van der Waals surface area (Å²) < 4.78 is 1.56. The van der Waals surface area contributed by atoms with Crippen molar-refractivity contribution in [3.05, 3.63) is 16.2 Å².